The molecular formula is C18H20N2O3. The molecule has 1 saturated heterocycles. The number of benzene rings is 1. The first kappa shape index (κ1) is 15.5. The lowest BCUT2D eigenvalue weighted by Gasteiger charge is -2.33. The summed E-state index contributed by atoms with van der Waals surface area (Å²) in [5.41, 5.74) is 0.632. The number of piperidine rings is 1. The van der Waals surface area contributed by atoms with Crippen LogP contribution < -0.4 is 4.74 Å². The van der Waals surface area contributed by atoms with Crippen LogP contribution in [-0.2, 0) is 4.79 Å². The SMILES string of the molecule is O=C([C@H](O)c1ccccc1)N1CCC(Oc2ccncc2)CC1. The molecule has 1 aliphatic rings. The first-order valence-electron chi connectivity index (χ1n) is 7.82. The molecule has 1 atom stereocenters. The number of rotatable bonds is 4. The molecule has 1 N–H and O–H groups in total. The second-order valence-electron chi connectivity index (χ2n) is 5.64. The number of amides is 1. The van der Waals surface area contributed by atoms with E-state index >= 15 is 0 Å². The van der Waals surface area contributed by atoms with Gasteiger partial charge in [-0.2, -0.15) is 0 Å². The van der Waals surface area contributed by atoms with Gasteiger partial charge in [0.1, 0.15) is 11.9 Å². The number of aliphatic hydroxyl groups excluding tert-OH is 1. The van der Waals surface area contributed by atoms with E-state index in [0.717, 1.165) is 18.6 Å². The Morgan fingerprint density at radius 2 is 1.78 bits per heavy atom. The number of pyridine rings is 1. The molecule has 1 aromatic heterocycles. The highest BCUT2D eigenvalue weighted by Crippen LogP contribution is 2.21. The van der Waals surface area contributed by atoms with Crippen molar-refractivity contribution in [3.8, 4) is 5.75 Å². The van der Waals surface area contributed by atoms with Crippen LogP contribution in [0.2, 0.25) is 0 Å². The number of carbonyl (C=O) groups excluding carboxylic acids is 1. The molecule has 0 aliphatic carbocycles. The summed E-state index contributed by atoms with van der Waals surface area (Å²) in [4.78, 5) is 18.1. The summed E-state index contributed by atoms with van der Waals surface area (Å²) in [6.45, 7) is 1.19. The molecule has 1 aromatic carbocycles. The molecule has 5 heteroatoms. The molecule has 1 amide bonds. The Morgan fingerprint density at radius 3 is 2.43 bits per heavy atom. The number of likely N-dealkylation sites (tertiary alicyclic amines) is 1. The van der Waals surface area contributed by atoms with Crippen molar-refractivity contribution in [3.05, 3.63) is 60.4 Å². The highest BCUT2D eigenvalue weighted by Gasteiger charge is 2.28. The number of aliphatic hydroxyl groups is 1. The maximum absolute atomic E-state index is 12.4. The van der Waals surface area contributed by atoms with E-state index in [1.807, 2.05) is 30.3 Å². The summed E-state index contributed by atoms with van der Waals surface area (Å²) in [6.07, 6.45) is 3.92. The summed E-state index contributed by atoms with van der Waals surface area (Å²) in [5.74, 6) is 0.563. The van der Waals surface area contributed by atoms with Crippen LogP contribution in [0.15, 0.2) is 54.9 Å². The zero-order chi connectivity index (χ0) is 16.1. The van der Waals surface area contributed by atoms with Gasteiger partial charge in [-0.15, -0.1) is 0 Å². The highest BCUT2D eigenvalue weighted by molar-refractivity contribution is 5.82. The normalized spacial score (nSPS) is 16.8. The van der Waals surface area contributed by atoms with Crippen molar-refractivity contribution in [3.63, 3.8) is 0 Å². The number of nitrogens with zero attached hydrogens (tertiary/aromatic N) is 2. The lowest BCUT2D eigenvalue weighted by atomic mass is 10.0. The van der Waals surface area contributed by atoms with Crippen molar-refractivity contribution in [1.29, 1.82) is 0 Å². The third-order valence-electron chi connectivity index (χ3n) is 4.06. The average molecular weight is 312 g/mol. The number of carbonyl (C=O) groups is 1. The van der Waals surface area contributed by atoms with Crippen molar-refractivity contribution in [2.24, 2.45) is 0 Å². The summed E-state index contributed by atoms with van der Waals surface area (Å²) in [7, 11) is 0. The Bertz CT molecular complexity index is 625. The molecule has 0 radical (unpaired) electrons. The van der Waals surface area contributed by atoms with Crippen molar-refractivity contribution in [2.45, 2.75) is 25.0 Å². The maximum Gasteiger partial charge on any atom is 0.256 e. The van der Waals surface area contributed by atoms with Crippen LogP contribution in [0.4, 0.5) is 0 Å². The Kier molecular flexibility index (Phi) is 4.88. The van der Waals surface area contributed by atoms with Crippen molar-refractivity contribution in [2.75, 3.05) is 13.1 Å². The lowest BCUT2D eigenvalue weighted by Crippen LogP contribution is -2.43. The van der Waals surface area contributed by atoms with Crippen LogP contribution in [0.3, 0.4) is 0 Å². The highest BCUT2D eigenvalue weighted by atomic mass is 16.5. The van der Waals surface area contributed by atoms with E-state index in [9.17, 15) is 9.90 Å². The fourth-order valence-corrected chi connectivity index (χ4v) is 2.75. The van der Waals surface area contributed by atoms with E-state index in [4.69, 9.17) is 4.74 Å². The predicted molar refractivity (Wildman–Crippen MR) is 85.9 cm³/mol. The monoisotopic (exact) mass is 312 g/mol. The van der Waals surface area contributed by atoms with E-state index in [0.29, 0.717) is 18.7 Å². The van der Waals surface area contributed by atoms with Gasteiger partial charge in [-0.25, -0.2) is 0 Å². The predicted octanol–water partition coefficient (Wildman–Crippen LogP) is 2.18. The molecule has 120 valence electrons. The largest absolute Gasteiger partial charge is 0.490 e. The first-order valence-corrected chi connectivity index (χ1v) is 7.82. The van der Waals surface area contributed by atoms with Gasteiger partial charge in [0, 0.05) is 38.3 Å². The molecular weight excluding hydrogens is 292 g/mol. The minimum Gasteiger partial charge on any atom is -0.490 e. The van der Waals surface area contributed by atoms with Gasteiger partial charge in [0.25, 0.3) is 5.91 Å². The molecule has 0 saturated carbocycles. The fourth-order valence-electron chi connectivity index (χ4n) is 2.75. The smallest absolute Gasteiger partial charge is 0.256 e. The number of hydrogen-bond acceptors (Lipinski definition) is 4. The van der Waals surface area contributed by atoms with Crippen LogP contribution >= 0.6 is 0 Å². The van der Waals surface area contributed by atoms with Gasteiger partial charge in [0.2, 0.25) is 0 Å². The van der Waals surface area contributed by atoms with Crippen LogP contribution in [0.1, 0.15) is 24.5 Å². The summed E-state index contributed by atoms with van der Waals surface area (Å²) >= 11 is 0. The van der Waals surface area contributed by atoms with Gasteiger partial charge in [-0.3, -0.25) is 9.78 Å². The molecule has 2 aromatic rings. The zero-order valence-corrected chi connectivity index (χ0v) is 12.8. The fraction of sp³-hybridized carbons (Fsp3) is 0.333. The molecule has 0 unspecified atom stereocenters. The second-order valence-corrected chi connectivity index (χ2v) is 5.64. The van der Waals surface area contributed by atoms with Crippen LogP contribution in [0.5, 0.6) is 5.75 Å². The quantitative estimate of drug-likeness (QED) is 0.940. The Balaban J connectivity index is 1.53. The van der Waals surface area contributed by atoms with Crippen LogP contribution in [-0.4, -0.2) is 40.1 Å². The van der Waals surface area contributed by atoms with E-state index in [2.05, 4.69) is 4.98 Å². The first-order chi connectivity index (χ1) is 11.2. The molecule has 5 nitrogen and oxygen atoms in total. The number of aromatic nitrogens is 1. The Morgan fingerprint density at radius 1 is 1.13 bits per heavy atom. The topological polar surface area (TPSA) is 62.7 Å². The minimum absolute atomic E-state index is 0.0929. The van der Waals surface area contributed by atoms with Crippen LogP contribution in [0, 0.1) is 0 Å². The third-order valence-corrected chi connectivity index (χ3v) is 4.06. The van der Waals surface area contributed by atoms with E-state index in [1.54, 1.807) is 29.4 Å². The lowest BCUT2D eigenvalue weighted by molar-refractivity contribution is -0.142. The molecule has 1 aliphatic heterocycles. The number of ether oxygens (including phenoxy) is 1. The standard InChI is InChI=1S/C18H20N2O3/c21-17(14-4-2-1-3-5-14)18(22)20-12-8-16(9-13-20)23-15-6-10-19-11-7-15/h1-7,10-11,16-17,21H,8-9,12-13H2/t17-/m1/s1. The van der Waals surface area contributed by atoms with Crippen LogP contribution in [0.25, 0.3) is 0 Å². The van der Waals surface area contributed by atoms with Crippen molar-refractivity contribution >= 4 is 5.91 Å². The maximum atomic E-state index is 12.4. The van der Waals surface area contributed by atoms with Gasteiger partial charge in [0.15, 0.2) is 6.10 Å². The zero-order valence-electron chi connectivity index (χ0n) is 12.8. The van der Waals surface area contributed by atoms with Gasteiger partial charge >= 0.3 is 0 Å². The Hall–Kier alpha value is -2.40. The van der Waals surface area contributed by atoms with Crippen molar-refractivity contribution < 1.29 is 14.6 Å². The molecule has 0 spiro atoms. The Labute approximate surface area is 135 Å². The molecule has 0 bridgehead atoms. The van der Waals surface area contributed by atoms with E-state index in [-0.39, 0.29) is 12.0 Å². The van der Waals surface area contributed by atoms with E-state index in [1.165, 1.54) is 0 Å². The second kappa shape index (κ2) is 7.24. The minimum atomic E-state index is -1.09. The van der Waals surface area contributed by atoms with Gasteiger partial charge in [0.05, 0.1) is 0 Å². The number of hydrogen-bond donors (Lipinski definition) is 1. The van der Waals surface area contributed by atoms with Crippen molar-refractivity contribution in [1.82, 2.24) is 9.88 Å². The molecule has 23 heavy (non-hydrogen) atoms. The average Bonchev–Trinajstić information content (AvgIpc) is 2.63. The van der Waals surface area contributed by atoms with Gasteiger partial charge in [-0.1, -0.05) is 30.3 Å². The molecule has 3 rings (SSSR count). The molecule has 1 fully saturated rings. The third kappa shape index (κ3) is 3.87. The van der Waals surface area contributed by atoms with Gasteiger partial charge < -0.3 is 14.7 Å². The van der Waals surface area contributed by atoms with E-state index < -0.39 is 6.10 Å². The molecule has 2 heterocycles. The summed E-state index contributed by atoms with van der Waals surface area (Å²) in [6, 6.07) is 12.7. The summed E-state index contributed by atoms with van der Waals surface area (Å²) < 4.78 is 5.89. The van der Waals surface area contributed by atoms with Gasteiger partial charge in [-0.05, 0) is 17.7 Å². The summed E-state index contributed by atoms with van der Waals surface area (Å²) in [5, 5.41) is 10.2.